The van der Waals surface area contributed by atoms with Crippen molar-refractivity contribution in [2.45, 2.75) is 45.4 Å². The Kier molecular flexibility index (Phi) is 6.32. The van der Waals surface area contributed by atoms with E-state index in [1.54, 1.807) is 0 Å². The number of hydrogen-bond acceptors (Lipinski definition) is 5. The average Bonchev–Trinajstić information content (AvgIpc) is 2.48. The fourth-order valence-corrected chi connectivity index (χ4v) is 3.53. The number of rotatable bonds is 8. The Balaban J connectivity index is 3.11. The molecule has 0 aromatic rings. The minimum absolute atomic E-state index is 0.104. The van der Waals surface area contributed by atoms with Gasteiger partial charge in [0.1, 0.15) is 0 Å². The lowest BCUT2D eigenvalue weighted by molar-refractivity contribution is -0.184. The molecular formula is C16H24O7. The highest BCUT2D eigenvalue weighted by molar-refractivity contribution is 5.88. The van der Waals surface area contributed by atoms with Gasteiger partial charge < -0.3 is 20.1 Å². The molecule has 130 valence electrons. The number of aliphatic carboxylic acids is 2. The highest BCUT2D eigenvalue weighted by atomic mass is 16.5. The molecule has 3 N–H and O–H groups in total. The van der Waals surface area contributed by atoms with Crippen LogP contribution in [0.15, 0.2) is 12.2 Å². The van der Waals surface area contributed by atoms with E-state index in [4.69, 9.17) is 4.74 Å². The Morgan fingerprint density at radius 3 is 1.91 bits per heavy atom. The monoisotopic (exact) mass is 328 g/mol. The Morgan fingerprint density at radius 2 is 1.52 bits per heavy atom. The molecule has 7 nitrogen and oxygen atoms in total. The van der Waals surface area contributed by atoms with E-state index in [0.29, 0.717) is 12.8 Å². The SMILES string of the molecule is C=C(C)C(=O)OCCC1(C(=O)O)CCCCC1(CCO)C(=O)O. The Morgan fingerprint density at radius 1 is 1.04 bits per heavy atom. The van der Waals surface area contributed by atoms with Gasteiger partial charge in [-0.3, -0.25) is 9.59 Å². The maximum atomic E-state index is 12.0. The zero-order valence-corrected chi connectivity index (χ0v) is 13.3. The van der Waals surface area contributed by atoms with Gasteiger partial charge in [0.05, 0.1) is 17.4 Å². The maximum absolute atomic E-state index is 12.0. The topological polar surface area (TPSA) is 121 Å². The van der Waals surface area contributed by atoms with E-state index in [2.05, 4.69) is 6.58 Å². The van der Waals surface area contributed by atoms with Crippen LogP contribution in [-0.4, -0.2) is 46.4 Å². The van der Waals surface area contributed by atoms with Crippen molar-refractivity contribution in [2.75, 3.05) is 13.2 Å². The predicted octanol–water partition coefficient (Wildman–Crippen LogP) is 1.59. The zero-order valence-electron chi connectivity index (χ0n) is 13.3. The second kappa shape index (κ2) is 7.59. The second-order valence-electron chi connectivity index (χ2n) is 6.12. The first-order chi connectivity index (χ1) is 10.7. The molecule has 23 heavy (non-hydrogen) atoms. The number of esters is 1. The minimum atomic E-state index is -1.56. The summed E-state index contributed by atoms with van der Waals surface area (Å²) in [6, 6.07) is 0. The molecule has 1 fully saturated rings. The van der Waals surface area contributed by atoms with E-state index in [-0.39, 0.29) is 37.9 Å². The number of hydrogen-bond donors (Lipinski definition) is 3. The van der Waals surface area contributed by atoms with Gasteiger partial charge in [-0.2, -0.15) is 0 Å². The van der Waals surface area contributed by atoms with Gasteiger partial charge in [0, 0.05) is 12.2 Å². The molecule has 1 saturated carbocycles. The molecule has 2 atom stereocenters. The van der Waals surface area contributed by atoms with E-state index in [1.165, 1.54) is 6.92 Å². The molecule has 1 aliphatic carbocycles. The molecular weight excluding hydrogens is 304 g/mol. The molecule has 0 aliphatic heterocycles. The minimum Gasteiger partial charge on any atom is -0.481 e. The van der Waals surface area contributed by atoms with Crippen LogP contribution in [0.5, 0.6) is 0 Å². The van der Waals surface area contributed by atoms with Crippen molar-refractivity contribution in [3.05, 3.63) is 12.2 Å². The fraction of sp³-hybridized carbons (Fsp3) is 0.688. The van der Waals surface area contributed by atoms with Crippen LogP contribution in [0.25, 0.3) is 0 Å². The third-order valence-corrected chi connectivity index (χ3v) is 4.84. The first kappa shape index (κ1) is 19.2. The summed E-state index contributed by atoms with van der Waals surface area (Å²) in [5, 5.41) is 28.8. The van der Waals surface area contributed by atoms with Crippen molar-refractivity contribution in [2.24, 2.45) is 10.8 Å². The third-order valence-electron chi connectivity index (χ3n) is 4.84. The van der Waals surface area contributed by atoms with Crippen LogP contribution in [0, 0.1) is 10.8 Å². The van der Waals surface area contributed by atoms with Crippen LogP contribution in [0.4, 0.5) is 0 Å². The molecule has 7 heteroatoms. The highest BCUT2D eigenvalue weighted by Gasteiger charge is 2.61. The summed E-state index contributed by atoms with van der Waals surface area (Å²) < 4.78 is 4.98. The maximum Gasteiger partial charge on any atom is 0.333 e. The highest BCUT2D eigenvalue weighted by Crippen LogP contribution is 2.55. The molecule has 0 spiro atoms. The second-order valence-corrected chi connectivity index (χ2v) is 6.12. The van der Waals surface area contributed by atoms with Crippen molar-refractivity contribution in [3.63, 3.8) is 0 Å². The van der Waals surface area contributed by atoms with Gasteiger partial charge in [-0.1, -0.05) is 19.4 Å². The van der Waals surface area contributed by atoms with E-state index in [1.807, 2.05) is 0 Å². The van der Waals surface area contributed by atoms with Crippen LogP contribution >= 0.6 is 0 Å². The van der Waals surface area contributed by atoms with Gasteiger partial charge in [-0.25, -0.2) is 4.79 Å². The molecule has 0 radical (unpaired) electrons. The van der Waals surface area contributed by atoms with E-state index in [0.717, 1.165) is 0 Å². The largest absolute Gasteiger partial charge is 0.481 e. The van der Waals surface area contributed by atoms with Crippen molar-refractivity contribution < 1.29 is 34.4 Å². The zero-order chi connectivity index (χ0) is 17.7. The number of carboxylic acid groups (broad SMARTS) is 2. The van der Waals surface area contributed by atoms with Crippen molar-refractivity contribution >= 4 is 17.9 Å². The molecule has 0 bridgehead atoms. The molecule has 0 saturated heterocycles. The summed E-state index contributed by atoms with van der Waals surface area (Å²) in [6.45, 7) is 4.31. The number of carbonyl (C=O) groups is 3. The number of ether oxygens (including phenoxy) is 1. The van der Waals surface area contributed by atoms with Gasteiger partial charge in [0.15, 0.2) is 0 Å². The van der Waals surface area contributed by atoms with Gasteiger partial charge in [0.2, 0.25) is 0 Å². The fourth-order valence-electron chi connectivity index (χ4n) is 3.53. The molecule has 1 aliphatic rings. The molecule has 2 unspecified atom stereocenters. The number of aliphatic hydroxyl groups is 1. The van der Waals surface area contributed by atoms with Crippen molar-refractivity contribution in [1.29, 1.82) is 0 Å². The van der Waals surface area contributed by atoms with Gasteiger partial charge in [-0.15, -0.1) is 0 Å². The number of carboxylic acids is 2. The van der Waals surface area contributed by atoms with Gasteiger partial charge >= 0.3 is 17.9 Å². The van der Waals surface area contributed by atoms with Gasteiger partial charge in [0.25, 0.3) is 0 Å². The average molecular weight is 328 g/mol. The lowest BCUT2D eigenvalue weighted by Gasteiger charge is -2.48. The standard InChI is InChI=1S/C16H24O7/c1-11(2)12(18)23-10-8-16(14(21)22)6-4-3-5-15(16,7-9-17)13(19)20/h17H,1,3-10H2,2H3,(H,19,20)(H,21,22). The van der Waals surface area contributed by atoms with Crippen LogP contribution in [-0.2, 0) is 19.1 Å². The Labute approximate surface area is 134 Å². The number of aliphatic hydroxyl groups excluding tert-OH is 1. The lowest BCUT2D eigenvalue weighted by Crippen LogP contribution is -2.55. The van der Waals surface area contributed by atoms with Crippen molar-refractivity contribution in [3.8, 4) is 0 Å². The molecule has 1 rings (SSSR count). The van der Waals surface area contributed by atoms with E-state index >= 15 is 0 Å². The third kappa shape index (κ3) is 3.55. The summed E-state index contributed by atoms with van der Waals surface area (Å²) >= 11 is 0. The molecule has 0 aromatic carbocycles. The van der Waals surface area contributed by atoms with E-state index < -0.39 is 35.3 Å². The molecule has 0 amide bonds. The summed E-state index contributed by atoms with van der Waals surface area (Å²) in [4.78, 5) is 35.3. The smallest absolute Gasteiger partial charge is 0.333 e. The van der Waals surface area contributed by atoms with Crippen LogP contribution in [0.2, 0.25) is 0 Å². The first-order valence-corrected chi connectivity index (χ1v) is 7.64. The summed E-state index contributed by atoms with van der Waals surface area (Å²) in [5.74, 6) is -3.08. The molecule has 0 heterocycles. The van der Waals surface area contributed by atoms with E-state index in [9.17, 15) is 29.7 Å². The van der Waals surface area contributed by atoms with Crippen molar-refractivity contribution in [1.82, 2.24) is 0 Å². The summed E-state index contributed by atoms with van der Waals surface area (Å²) in [6.07, 6.45) is 1.30. The lowest BCUT2D eigenvalue weighted by atomic mass is 9.53. The quantitative estimate of drug-likeness (QED) is 0.457. The Hall–Kier alpha value is -1.89. The van der Waals surface area contributed by atoms with Gasteiger partial charge in [-0.05, 0) is 32.6 Å². The summed E-state index contributed by atoms with van der Waals surface area (Å²) in [7, 11) is 0. The molecule has 0 aromatic heterocycles. The van der Waals surface area contributed by atoms with Crippen LogP contribution < -0.4 is 0 Å². The normalized spacial score (nSPS) is 27.2. The summed E-state index contributed by atoms with van der Waals surface area (Å²) in [5.41, 5.74) is -2.92. The first-order valence-electron chi connectivity index (χ1n) is 7.64. The Bertz CT molecular complexity index is 495. The predicted molar refractivity (Wildman–Crippen MR) is 80.7 cm³/mol. The van der Waals surface area contributed by atoms with Crippen LogP contribution in [0.1, 0.15) is 45.4 Å². The van der Waals surface area contributed by atoms with Crippen LogP contribution in [0.3, 0.4) is 0 Å². The number of carbonyl (C=O) groups excluding carboxylic acids is 1.